The predicted molar refractivity (Wildman–Crippen MR) is 147 cm³/mol. The lowest BCUT2D eigenvalue weighted by molar-refractivity contribution is -0.132. The maximum Gasteiger partial charge on any atom is 0.243 e. The van der Waals surface area contributed by atoms with E-state index in [-0.39, 0.29) is 30.5 Å². The van der Waals surface area contributed by atoms with Crippen LogP contribution in [0.15, 0.2) is 90.0 Å². The van der Waals surface area contributed by atoms with E-state index in [0.717, 1.165) is 22.0 Å². The third-order valence-corrected chi connectivity index (χ3v) is 8.31. The normalized spacial score (nSPS) is 11.7. The van der Waals surface area contributed by atoms with Gasteiger partial charge < -0.3 is 19.4 Å². The van der Waals surface area contributed by atoms with Crippen molar-refractivity contribution in [3.8, 4) is 5.75 Å². The number of nitrogens with one attached hydrogen (secondary N) is 1. The zero-order valence-electron chi connectivity index (χ0n) is 21.7. The molecule has 38 heavy (non-hydrogen) atoms. The van der Waals surface area contributed by atoms with Crippen LogP contribution in [0.25, 0.3) is 10.9 Å². The maximum atomic E-state index is 13.7. The molecule has 1 N–H and O–H groups in total. The van der Waals surface area contributed by atoms with Crippen LogP contribution in [0.4, 0.5) is 0 Å². The van der Waals surface area contributed by atoms with Crippen molar-refractivity contribution in [3.05, 3.63) is 96.2 Å². The molecular weight excluding hydrogens is 502 g/mol. The molecule has 1 aromatic heterocycles. The van der Waals surface area contributed by atoms with Crippen molar-refractivity contribution in [2.75, 3.05) is 40.5 Å². The number of H-pyrrole nitrogens is 1. The molecule has 3 aromatic carbocycles. The molecule has 0 aliphatic heterocycles. The Morgan fingerprint density at radius 3 is 2.32 bits per heavy atom. The molecule has 0 aliphatic rings. The van der Waals surface area contributed by atoms with E-state index in [9.17, 15) is 13.2 Å². The fraction of sp³-hybridized carbons (Fsp3) is 0.276. The number of para-hydroxylation sites is 1. The first-order chi connectivity index (χ1) is 18.4. The van der Waals surface area contributed by atoms with Crippen LogP contribution in [0.1, 0.15) is 11.1 Å². The van der Waals surface area contributed by atoms with Gasteiger partial charge in [0.05, 0.1) is 25.2 Å². The second-order valence-corrected chi connectivity index (χ2v) is 10.9. The highest BCUT2D eigenvalue weighted by atomic mass is 32.2. The van der Waals surface area contributed by atoms with Gasteiger partial charge in [-0.15, -0.1) is 0 Å². The minimum atomic E-state index is -3.94. The average molecular weight is 536 g/mol. The van der Waals surface area contributed by atoms with E-state index < -0.39 is 10.0 Å². The quantitative estimate of drug-likeness (QED) is 0.279. The van der Waals surface area contributed by atoms with Crippen molar-refractivity contribution >= 4 is 26.8 Å². The van der Waals surface area contributed by atoms with Crippen molar-refractivity contribution in [1.29, 1.82) is 0 Å². The third-order valence-electron chi connectivity index (χ3n) is 6.45. The van der Waals surface area contributed by atoms with Gasteiger partial charge in [-0.2, -0.15) is 4.31 Å². The lowest BCUT2D eigenvalue weighted by Crippen LogP contribution is -2.44. The molecule has 4 aromatic rings. The van der Waals surface area contributed by atoms with Crippen molar-refractivity contribution in [3.63, 3.8) is 0 Å². The zero-order chi connectivity index (χ0) is 27.0. The Hall–Kier alpha value is -3.66. The molecule has 4 rings (SSSR count). The molecule has 0 radical (unpaired) electrons. The first kappa shape index (κ1) is 27.4. The molecule has 0 saturated carbocycles. The van der Waals surface area contributed by atoms with Gasteiger partial charge in [-0.05, 0) is 47.9 Å². The van der Waals surface area contributed by atoms with Gasteiger partial charge in [0.2, 0.25) is 15.9 Å². The average Bonchev–Trinajstić information content (AvgIpc) is 3.36. The number of sulfonamides is 1. The van der Waals surface area contributed by atoms with Crippen molar-refractivity contribution in [1.82, 2.24) is 14.2 Å². The first-order valence-corrected chi connectivity index (χ1v) is 13.9. The molecule has 0 aliphatic carbocycles. The molecular formula is C29H33N3O5S. The Balaban J connectivity index is 1.56. The van der Waals surface area contributed by atoms with Gasteiger partial charge in [0.25, 0.3) is 0 Å². The minimum Gasteiger partial charge on any atom is -0.497 e. The van der Waals surface area contributed by atoms with Crippen LogP contribution in [0, 0.1) is 0 Å². The number of ether oxygens (including phenoxy) is 2. The zero-order valence-corrected chi connectivity index (χ0v) is 22.5. The summed E-state index contributed by atoms with van der Waals surface area (Å²) in [6, 6.07) is 23.9. The highest BCUT2D eigenvalue weighted by molar-refractivity contribution is 7.89. The number of hydrogen-bond donors (Lipinski definition) is 1. The van der Waals surface area contributed by atoms with Crippen molar-refractivity contribution < 1.29 is 22.7 Å². The second-order valence-electron chi connectivity index (χ2n) is 8.92. The van der Waals surface area contributed by atoms with Crippen LogP contribution in [0.2, 0.25) is 0 Å². The summed E-state index contributed by atoms with van der Waals surface area (Å²) in [7, 11) is -0.920. The van der Waals surface area contributed by atoms with Crippen LogP contribution < -0.4 is 4.74 Å². The van der Waals surface area contributed by atoms with E-state index in [1.54, 1.807) is 17.0 Å². The van der Waals surface area contributed by atoms with Crippen molar-refractivity contribution in [2.24, 2.45) is 0 Å². The lowest BCUT2D eigenvalue weighted by atomic mass is 10.1. The minimum absolute atomic E-state index is 0.0538. The molecule has 0 spiro atoms. The molecule has 0 atom stereocenters. The molecule has 1 heterocycles. The van der Waals surface area contributed by atoms with E-state index in [1.807, 2.05) is 54.7 Å². The summed E-state index contributed by atoms with van der Waals surface area (Å²) in [5.41, 5.74) is 3.12. The molecule has 1 amide bonds. The van der Waals surface area contributed by atoms with Gasteiger partial charge in [-0.3, -0.25) is 4.79 Å². The van der Waals surface area contributed by atoms with Crippen molar-refractivity contribution in [2.45, 2.75) is 17.9 Å². The fourth-order valence-corrected chi connectivity index (χ4v) is 5.69. The van der Waals surface area contributed by atoms with E-state index in [4.69, 9.17) is 9.47 Å². The van der Waals surface area contributed by atoms with Gasteiger partial charge in [-0.25, -0.2) is 8.42 Å². The maximum absolute atomic E-state index is 13.7. The van der Waals surface area contributed by atoms with Gasteiger partial charge in [0.15, 0.2) is 0 Å². The van der Waals surface area contributed by atoms with Gasteiger partial charge in [0.1, 0.15) is 5.75 Å². The molecule has 8 nitrogen and oxygen atoms in total. The summed E-state index contributed by atoms with van der Waals surface area (Å²) in [5, 5.41) is 1.11. The Bertz CT molecular complexity index is 1440. The number of methoxy groups -OCH3 is 2. The van der Waals surface area contributed by atoms with E-state index in [2.05, 4.69) is 11.1 Å². The standard InChI is InChI=1S/C29H33N3O5S/c1-36-19-18-32(38(34,35)26-14-12-25(37-2)13-15-26)22-29(33)31(21-23-8-4-3-5-9-23)17-16-24-20-30-28-11-7-6-10-27(24)28/h3-15,20,30H,16-19,21-22H2,1-2H3. The van der Waals surface area contributed by atoms with Crippen LogP contribution in [0.5, 0.6) is 5.75 Å². The van der Waals surface area contributed by atoms with Crippen LogP contribution in [-0.4, -0.2) is 69.0 Å². The third kappa shape index (κ3) is 6.61. The lowest BCUT2D eigenvalue weighted by Gasteiger charge is -2.27. The number of carbonyl (C=O) groups excluding carboxylic acids is 1. The van der Waals surface area contributed by atoms with Crippen LogP contribution >= 0.6 is 0 Å². The number of carbonyl (C=O) groups is 1. The van der Waals surface area contributed by atoms with Crippen LogP contribution in [0.3, 0.4) is 0 Å². The monoisotopic (exact) mass is 535 g/mol. The number of hydrogen-bond acceptors (Lipinski definition) is 5. The highest BCUT2D eigenvalue weighted by Crippen LogP contribution is 2.21. The summed E-state index contributed by atoms with van der Waals surface area (Å²) in [5.74, 6) is 0.275. The molecule has 0 unspecified atom stereocenters. The summed E-state index contributed by atoms with van der Waals surface area (Å²) >= 11 is 0. The fourth-order valence-electron chi connectivity index (χ4n) is 4.31. The number of nitrogens with zero attached hydrogens (tertiary/aromatic N) is 2. The highest BCUT2D eigenvalue weighted by Gasteiger charge is 2.28. The molecule has 9 heteroatoms. The van der Waals surface area contributed by atoms with Gasteiger partial charge in [0, 0.05) is 43.8 Å². The predicted octanol–water partition coefficient (Wildman–Crippen LogP) is 4.09. The summed E-state index contributed by atoms with van der Waals surface area (Å²) in [4.78, 5) is 18.8. The summed E-state index contributed by atoms with van der Waals surface area (Å²) < 4.78 is 38.5. The number of fused-ring (bicyclic) bond motifs is 1. The molecule has 0 fully saturated rings. The molecule has 200 valence electrons. The number of rotatable bonds is 13. The van der Waals surface area contributed by atoms with E-state index in [1.165, 1.54) is 30.7 Å². The smallest absolute Gasteiger partial charge is 0.243 e. The Kier molecular flexibility index (Phi) is 9.17. The van der Waals surface area contributed by atoms with E-state index >= 15 is 0 Å². The van der Waals surface area contributed by atoms with Crippen LogP contribution in [-0.2, 0) is 32.5 Å². The number of aromatic nitrogens is 1. The number of benzene rings is 3. The Labute approximate surface area is 223 Å². The van der Waals surface area contributed by atoms with Gasteiger partial charge in [-0.1, -0.05) is 48.5 Å². The molecule has 0 saturated heterocycles. The van der Waals surface area contributed by atoms with Gasteiger partial charge >= 0.3 is 0 Å². The van der Waals surface area contributed by atoms with E-state index in [0.29, 0.717) is 25.3 Å². The number of aromatic amines is 1. The summed E-state index contributed by atoms with van der Waals surface area (Å²) in [6.45, 7) is 0.742. The SMILES string of the molecule is COCCN(CC(=O)N(CCc1c[nH]c2ccccc12)Cc1ccccc1)S(=O)(=O)c1ccc(OC)cc1. The largest absolute Gasteiger partial charge is 0.497 e. The Morgan fingerprint density at radius 2 is 1.61 bits per heavy atom. The second kappa shape index (κ2) is 12.7. The Morgan fingerprint density at radius 1 is 0.895 bits per heavy atom. The topological polar surface area (TPSA) is 91.9 Å². The molecule has 0 bridgehead atoms. The first-order valence-electron chi connectivity index (χ1n) is 12.4. The summed E-state index contributed by atoms with van der Waals surface area (Å²) in [6.07, 6.45) is 2.60. The number of amides is 1.